The fourth-order valence-electron chi connectivity index (χ4n) is 2.94. The summed E-state index contributed by atoms with van der Waals surface area (Å²) in [5.41, 5.74) is 8.01. The second-order valence-electron chi connectivity index (χ2n) is 5.84. The van der Waals surface area contributed by atoms with Gasteiger partial charge >= 0.3 is 0 Å². The third-order valence-electron chi connectivity index (χ3n) is 4.17. The van der Waals surface area contributed by atoms with E-state index in [2.05, 4.69) is 46.9 Å². The van der Waals surface area contributed by atoms with Gasteiger partial charge in [0.05, 0.1) is 3.42 Å². The lowest BCUT2D eigenvalue weighted by molar-refractivity contribution is -0.120. The van der Waals surface area contributed by atoms with Gasteiger partial charge in [0, 0.05) is 6.42 Å². The van der Waals surface area contributed by atoms with Crippen LogP contribution in [0.5, 0.6) is 0 Å². The SMILES string of the molecule is NCCCc1cccc(CC(=O)C2(I)CCCCC2)c1. The van der Waals surface area contributed by atoms with E-state index in [0.29, 0.717) is 12.2 Å². The highest BCUT2D eigenvalue weighted by molar-refractivity contribution is 14.1. The Morgan fingerprint density at radius 1 is 1.20 bits per heavy atom. The maximum atomic E-state index is 12.6. The number of Topliss-reactive ketones (excluding diaryl/α,β-unsaturated/α-hetero) is 1. The molecule has 2 nitrogen and oxygen atoms in total. The Labute approximate surface area is 135 Å². The van der Waals surface area contributed by atoms with Crippen LogP contribution < -0.4 is 5.73 Å². The van der Waals surface area contributed by atoms with Crippen LogP contribution in [-0.4, -0.2) is 15.7 Å². The second kappa shape index (κ2) is 7.55. The first-order valence-electron chi connectivity index (χ1n) is 7.64. The summed E-state index contributed by atoms with van der Waals surface area (Å²) >= 11 is 2.41. The molecule has 1 fully saturated rings. The molecule has 110 valence electrons. The number of carbonyl (C=O) groups excluding carboxylic acids is 1. The molecule has 0 unspecified atom stereocenters. The molecule has 0 amide bonds. The minimum Gasteiger partial charge on any atom is -0.330 e. The smallest absolute Gasteiger partial charge is 0.153 e. The van der Waals surface area contributed by atoms with Crippen LogP contribution in [0.2, 0.25) is 0 Å². The first-order chi connectivity index (χ1) is 9.64. The van der Waals surface area contributed by atoms with Crippen molar-refractivity contribution in [1.82, 2.24) is 0 Å². The van der Waals surface area contributed by atoms with E-state index in [1.165, 1.54) is 24.8 Å². The van der Waals surface area contributed by atoms with Crippen LogP contribution in [0.1, 0.15) is 49.7 Å². The monoisotopic (exact) mass is 385 g/mol. The fourth-order valence-corrected chi connectivity index (χ4v) is 3.89. The summed E-state index contributed by atoms with van der Waals surface area (Å²) in [4.78, 5) is 12.6. The van der Waals surface area contributed by atoms with Crippen molar-refractivity contribution in [1.29, 1.82) is 0 Å². The molecular formula is C17H24INO. The fraction of sp³-hybridized carbons (Fsp3) is 0.588. The van der Waals surface area contributed by atoms with E-state index < -0.39 is 0 Å². The minimum atomic E-state index is -0.108. The molecule has 2 N–H and O–H groups in total. The molecular weight excluding hydrogens is 361 g/mol. The molecule has 0 aromatic heterocycles. The number of nitrogens with two attached hydrogens (primary N) is 1. The third-order valence-corrected chi connectivity index (χ3v) is 5.85. The molecule has 1 aliphatic carbocycles. The molecule has 0 radical (unpaired) electrons. The largest absolute Gasteiger partial charge is 0.330 e. The number of ketones is 1. The molecule has 0 spiro atoms. The van der Waals surface area contributed by atoms with Crippen molar-refractivity contribution in [2.75, 3.05) is 6.54 Å². The summed E-state index contributed by atoms with van der Waals surface area (Å²) < 4.78 is -0.108. The highest BCUT2D eigenvalue weighted by Gasteiger charge is 2.35. The number of rotatable bonds is 6. The van der Waals surface area contributed by atoms with Crippen LogP contribution in [-0.2, 0) is 17.6 Å². The zero-order valence-electron chi connectivity index (χ0n) is 12.0. The van der Waals surface area contributed by atoms with E-state index in [4.69, 9.17) is 5.73 Å². The Balaban J connectivity index is 2.00. The third kappa shape index (κ3) is 4.29. The summed E-state index contributed by atoms with van der Waals surface area (Å²) in [6.45, 7) is 0.722. The van der Waals surface area contributed by atoms with Crippen molar-refractivity contribution in [3.63, 3.8) is 0 Å². The Bertz CT molecular complexity index is 452. The number of aryl methyl sites for hydroxylation is 1. The van der Waals surface area contributed by atoms with Gasteiger partial charge in [0.2, 0.25) is 0 Å². The van der Waals surface area contributed by atoms with Crippen molar-refractivity contribution in [3.8, 4) is 0 Å². The molecule has 2 rings (SSSR count). The zero-order valence-corrected chi connectivity index (χ0v) is 14.2. The van der Waals surface area contributed by atoms with Gasteiger partial charge in [-0.2, -0.15) is 0 Å². The van der Waals surface area contributed by atoms with E-state index in [1.54, 1.807) is 0 Å². The van der Waals surface area contributed by atoms with Crippen LogP contribution in [0.3, 0.4) is 0 Å². The van der Waals surface area contributed by atoms with Gasteiger partial charge in [0.1, 0.15) is 0 Å². The zero-order chi connectivity index (χ0) is 14.4. The van der Waals surface area contributed by atoms with Crippen molar-refractivity contribution in [2.24, 2.45) is 5.73 Å². The molecule has 1 aromatic rings. The molecule has 0 atom stereocenters. The van der Waals surface area contributed by atoms with Gasteiger partial charge in [-0.05, 0) is 43.4 Å². The van der Waals surface area contributed by atoms with Crippen LogP contribution in [0.15, 0.2) is 24.3 Å². The highest BCUT2D eigenvalue weighted by Crippen LogP contribution is 2.38. The van der Waals surface area contributed by atoms with Crippen molar-refractivity contribution in [2.45, 2.75) is 54.8 Å². The number of hydrogen-bond acceptors (Lipinski definition) is 2. The minimum absolute atomic E-state index is 0.108. The predicted octanol–water partition coefficient (Wildman–Crippen LogP) is 3.83. The standard InChI is InChI=1S/C17H24INO/c18-17(9-2-1-3-10-17)16(20)13-15-7-4-6-14(12-15)8-5-11-19/h4,6-7,12H,1-3,5,8-11,13,19H2. The molecule has 0 heterocycles. The average Bonchev–Trinajstić information content (AvgIpc) is 2.46. The number of halogens is 1. The summed E-state index contributed by atoms with van der Waals surface area (Å²) in [6.07, 6.45) is 8.39. The second-order valence-corrected chi connectivity index (χ2v) is 7.90. The van der Waals surface area contributed by atoms with Gasteiger partial charge in [0.15, 0.2) is 5.78 Å². The summed E-state index contributed by atoms with van der Waals surface area (Å²) in [7, 11) is 0. The maximum Gasteiger partial charge on any atom is 0.153 e. The lowest BCUT2D eigenvalue weighted by Gasteiger charge is -2.30. The van der Waals surface area contributed by atoms with Crippen molar-refractivity contribution < 1.29 is 4.79 Å². The number of alkyl halides is 1. The average molecular weight is 385 g/mol. The molecule has 1 aromatic carbocycles. The summed E-state index contributed by atoms with van der Waals surface area (Å²) in [5.74, 6) is 0.411. The van der Waals surface area contributed by atoms with Crippen LogP contribution >= 0.6 is 22.6 Å². The van der Waals surface area contributed by atoms with Crippen molar-refractivity contribution >= 4 is 28.4 Å². The molecule has 0 saturated heterocycles. The van der Waals surface area contributed by atoms with Crippen molar-refractivity contribution in [3.05, 3.63) is 35.4 Å². The first-order valence-corrected chi connectivity index (χ1v) is 8.72. The quantitative estimate of drug-likeness (QED) is 0.598. The molecule has 3 heteroatoms. The van der Waals surface area contributed by atoms with E-state index >= 15 is 0 Å². The Morgan fingerprint density at radius 3 is 2.60 bits per heavy atom. The molecule has 0 aliphatic heterocycles. The summed E-state index contributed by atoms with van der Waals surface area (Å²) in [6, 6.07) is 8.45. The molecule has 1 saturated carbocycles. The Kier molecular flexibility index (Phi) is 6.02. The Morgan fingerprint density at radius 2 is 1.90 bits per heavy atom. The van der Waals surface area contributed by atoms with E-state index in [9.17, 15) is 4.79 Å². The van der Waals surface area contributed by atoms with Gasteiger partial charge in [-0.15, -0.1) is 0 Å². The highest BCUT2D eigenvalue weighted by atomic mass is 127. The number of carbonyl (C=O) groups is 1. The van der Waals surface area contributed by atoms with Gasteiger partial charge in [-0.3, -0.25) is 4.79 Å². The van der Waals surface area contributed by atoms with Crippen LogP contribution in [0.25, 0.3) is 0 Å². The van der Waals surface area contributed by atoms with Gasteiger partial charge in [0.25, 0.3) is 0 Å². The maximum absolute atomic E-state index is 12.6. The van der Waals surface area contributed by atoms with Gasteiger partial charge in [-0.25, -0.2) is 0 Å². The number of benzene rings is 1. The van der Waals surface area contributed by atoms with E-state index in [1.807, 2.05) is 0 Å². The molecule has 0 bridgehead atoms. The number of hydrogen-bond donors (Lipinski definition) is 1. The Hall–Kier alpha value is -0.420. The first kappa shape index (κ1) is 16.0. The normalized spacial score (nSPS) is 17.9. The van der Waals surface area contributed by atoms with E-state index in [-0.39, 0.29) is 3.42 Å². The lowest BCUT2D eigenvalue weighted by atomic mass is 9.84. The summed E-state index contributed by atoms with van der Waals surface area (Å²) in [5, 5.41) is 0. The lowest BCUT2D eigenvalue weighted by Crippen LogP contribution is -2.35. The predicted molar refractivity (Wildman–Crippen MR) is 92.4 cm³/mol. The van der Waals surface area contributed by atoms with E-state index in [0.717, 1.165) is 37.8 Å². The van der Waals surface area contributed by atoms with Gasteiger partial charge < -0.3 is 5.73 Å². The van der Waals surface area contributed by atoms with Crippen LogP contribution in [0, 0.1) is 0 Å². The van der Waals surface area contributed by atoms with Gasteiger partial charge in [-0.1, -0.05) is 66.1 Å². The molecule has 20 heavy (non-hydrogen) atoms. The topological polar surface area (TPSA) is 43.1 Å². The van der Waals surface area contributed by atoms with Crippen LogP contribution in [0.4, 0.5) is 0 Å². The molecule has 1 aliphatic rings.